The van der Waals surface area contributed by atoms with Gasteiger partial charge in [-0.1, -0.05) is 15.9 Å². The standard InChI is InChI=1S/C13H12BrNO/c1-9-7-11(10(2)16-9)8-15-13-5-3-12(14)4-6-13/h3-8H,1-2H3. The van der Waals surface area contributed by atoms with Gasteiger partial charge in [-0.05, 0) is 44.2 Å². The predicted molar refractivity (Wildman–Crippen MR) is 69.6 cm³/mol. The van der Waals surface area contributed by atoms with E-state index in [1.54, 1.807) is 0 Å². The summed E-state index contributed by atoms with van der Waals surface area (Å²) in [4.78, 5) is 4.39. The monoisotopic (exact) mass is 277 g/mol. The Bertz CT molecular complexity index is 511. The molecule has 0 saturated heterocycles. The molecule has 0 spiro atoms. The summed E-state index contributed by atoms with van der Waals surface area (Å²) < 4.78 is 6.48. The number of furan rings is 1. The lowest BCUT2D eigenvalue weighted by molar-refractivity contribution is 0.504. The molecule has 0 fully saturated rings. The summed E-state index contributed by atoms with van der Waals surface area (Å²) in [5.41, 5.74) is 1.96. The Labute approximate surface area is 103 Å². The molecule has 0 aliphatic rings. The summed E-state index contributed by atoms with van der Waals surface area (Å²) in [5, 5.41) is 0. The maximum atomic E-state index is 5.42. The van der Waals surface area contributed by atoms with Crippen molar-refractivity contribution in [3.8, 4) is 0 Å². The molecule has 0 unspecified atom stereocenters. The van der Waals surface area contributed by atoms with Crippen LogP contribution in [0, 0.1) is 13.8 Å². The van der Waals surface area contributed by atoms with Crippen molar-refractivity contribution in [2.75, 3.05) is 0 Å². The Kier molecular flexibility index (Phi) is 3.25. The number of rotatable bonds is 2. The van der Waals surface area contributed by atoms with Gasteiger partial charge in [0.2, 0.25) is 0 Å². The van der Waals surface area contributed by atoms with Gasteiger partial charge in [-0.3, -0.25) is 4.99 Å². The molecule has 1 aromatic heterocycles. The fraction of sp³-hybridized carbons (Fsp3) is 0.154. The molecule has 82 valence electrons. The summed E-state index contributed by atoms with van der Waals surface area (Å²) in [6.07, 6.45) is 1.83. The molecule has 0 N–H and O–H groups in total. The molecular weight excluding hydrogens is 266 g/mol. The van der Waals surface area contributed by atoms with E-state index in [2.05, 4.69) is 20.9 Å². The minimum atomic E-state index is 0.901. The zero-order chi connectivity index (χ0) is 11.5. The highest BCUT2D eigenvalue weighted by Crippen LogP contribution is 2.18. The largest absolute Gasteiger partial charge is 0.466 e. The van der Waals surface area contributed by atoms with Gasteiger partial charge in [0.15, 0.2) is 0 Å². The molecule has 0 radical (unpaired) electrons. The summed E-state index contributed by atoms with van der Waals surface area (Å²) in [6.45, 7) is 3.87. The Hall–Kier alpha value is -1.35. The lowest BCUT2D eigenvalue weighted by atomic mass is 10.2. The Morgan fingerprint density at radius 3 is 2.44 bits per heavy atom. The normalized spacial score (nSPS) is 11.2. The molecule has 3 heteroatoms. The zero-order valence-corrected chi connectivity index (χ0v) is 10.8. The van der Waals surface area contributed by atoms with E-state index in [4.69, 9.17) is 4.42 Å². The molecule has 16 heavy (non-hydrogen) atoms. The molecule has 0 saturated carbocycles. The number of aryl methyl sites for hydroxylation is 2. The van der Waals surface area contributed by atoms with Crippen LogP contribution in [0.2, 0.25) is 0 Å². The van der Waals surface area contributed by atoms with Crippen molar-refractivity contribution in [3.63, 3.8) is 0 Å². The molecule has 2 rings (SSSR count). The van der Waals surface area contributed by atoms with E-state index in [-0.39, 0.29) is 0 Å². The minimum Gasteiger partial charge on any atom is -0.466 e. The number of hydrogen-bond donors (Lipinski definition) is 0. The van der Waals surface area contributed by atoms with Crippen molar-refractivity contribution in [3.05, 3.63) is 51.9 Å². The summed E-state index contributed by atoms with van der Waals surface area (Å²) in [5.74, 6) is 1.81. The second kappa shape index (κ2) is 4.66. The average molecular weight is 278 g/mol. The first kappa shape index (κ1) is 11.1. The van der Waals surface area contributed by atoms with Crippen molar-refractivity contribution in [1.82, 2.24) is 0 Å². The maximum absolute atomic E-state index is 5.42. The molecule has 0 aliphatic carbocycles. The highest BCUT2D eigenvalue weighted by atomic mass is 79.9. The predicted octanol–water partition coefficient (Wildman–Crippen LogP) is 4.41. The highest BCUT2D eigenvalue weighted by molar-refractivity contribution is 9.10. The van der Waals surface area contributed by atoms with Crippen LogP contribution in [0.25, 0.3) is 0 Å². The van der Waals surface area contributed by atoms with Crippen molar-refractivity contribution in [2.45, 2.75) is 13.8 Å². The van der Waals surface area contributed by atoms with Crippen LogP contribution in [0.4, 0.5) is 5.69 Å². The van der Waals surface area contributed by atoms with E-state index in [1.165, 1.54) is 0 Å². The first-order valence-corrected chi connectivity index (χ1v) is 5.81. The Balaban J connectivity index is 2.21. The fourth-order valence-corrected chi connectivity index (χ4v) is 1.71. The molecule has 2 aromatic rings. The van der Waals surface area contributed by atoms with Gasteiger partial charge < -0.3 is 4.42 Å². The van der Waals surface area contributed by atoms with Crippen LogP contribution in [0.1, 0.15) is 17.1 Å². The fourth-order valence-electron chi connectivity index (χ4n) is 1.45. The van der Waals surface area contributed by atoms with E-state index in [1.807, 2.05) is 50.4 Å². The summed E-state index contributed by atoms with van der Waals surface area (Å²) in [6, 6.07) is 9.85. The van der Waals surface area contributed by atoms with Gasteiger partial charge in [0, 0.05) is 16.3 Å². The van der Waals surface area contributed by atoms with E-state index < -0.39 is 0 Å². The van der Waals surface area contributed by atoms with Crippen LogP contribution >= 0.6 is 15.9 Å². The number of nitrogens with zero attached hydrogens (tertiary/aromatic N) is 1. The van der Waals surface area contributed by atoms with Gasteiger partial charge in [-0.2, -0.15) is 0 Å². The molecular formula is C13H12BrNO. The zero-order valence-electron chi connectivity index (χ0n) is 9.20. The Morgan fingerprint density at radius 1 is 1.19 bits per heavy atom. The van der Waals surface area contributed by atoms with Gasteiger partial charge in [-0.15, -0.1) is 0 Å². The van der Waals surface area contributed by atoms with Crippen molar-refractivity contribution >= 4 is 27.8 Å². The van der Waals surface area contributed by atoms with Crippen LogP contribution < -0.4 is 0 Å². The van der Waals surface area contributed by atoms with Crippen molar-refractivity contribution < 1.29 is 4.42 Å². The molecule has 0 bridgehead atoms. The molecule has 1 heterocycles. The third-order valence-corrected chi connectivity index (χ3v) is 2.79. The quantitative estimate of drug-likeness (QED) is 0.747. The van der Waals surface area contributed by atoms with Crippen molar-refractivity contribution in [2.24, 2.45) is 4.99 Å². The second-order valence-electron chi connectivity index (χ2n) is 3.60. The molecule has 0 amide bonds. The third-order valence-electron chi connectivity index (χ3n) is 2.26. The van der Waals surface area contributed by atoms with Gasteiger partial charge in [0.1, 0.15) is 11.5 Å². The minimum absolute atomic E-state index is 0.901. The van der Waals surface area contributed by atoms with Crippen LogP contribution in [-0.4, -0.2) is 6.21 Å². The van der Waals surface area contributed by atoms with E-state index >= 15 is 0 Å². The van der Waals surface area contributed by atoms with Crippen molar-refractivity contribution in [1.29, 1.82) is 0 Å². The number of halogens is 1. The summed E-state index contributed by atoms with van der Waals surface area (Å²) in [7, 11) is 0. The number of aliphatic imine (C=N–C) groups is 1. The Morgan fingerprint density at radius 2 is 1.88 bits per heavy atom. The van der Waals surface area contributed by atoms with Crippen LogP contribution in [0.5, 0.6) is 0 Å². The van der Waals surface area contributed by atoms with Gasteiger partial charge >= 0.3 is 0 Å². The second-order valence-corrected chi connectivity index (χ2v) is 4.52. The lowest BCUT2D eigenvalue weighted by Crippen LogP contribution is -1.78. The van der Waals surface area contributed by atoms with Gasteiger partial charge in [-0.25, -0.2) is 0 Å². The maximum Gasteiger partial charge on any atom is 0.109 e. The van der Waals surface area contributed by atoms with E-state index in [0.29, 0.717) is 0 Å². The van der Waals surface area contributed by atoms with Gasteiger partial charge in [0.05, 0.1) is 5.69 Å². The first-order valence-electron chi connectivity index (χ1n) is 5.02. The van der Waals surface area contributed by atoms with E-state index in [9.17, 15) is 0 Å². The lowest BCUT2D eigenvalue weighted by Gasteiger charge is -1.93. The molecule has 0 aliphatic heterocycles. The first-order chi connectivity index (χ1) is 7.65. The molecule has 0 atom stereocenters. The summed E-state index contributed by atoms with van der Waals surface area (Å²) >= 11 is 3.39. The van der Waals surface area contributed by atoms with Crippen LogP contribution in [0.15, 0.2) is 44.2 Å². The van der Waals surface area contributed by atoms with Crippen LogP contribution in [-0.2, 0) is 0 Å². The smallest absolute Gasteiger partial charge is 0.109 e. The molecule has 1 aromatic carbocycles. The number of hydrogen-bond acceptors (Lipinski definition) is 2. The third kappa shape index (κ3) is 2.61. The number of benzene rings is 1. The SMILES string of the molecule is Cc1cc(C=Nc2ccc(Br)cc2)c(C)o1. The van der Waals surface area contributed by atoms with Gasteiger partial charge in [0.25, 0.3) is 0 Å². The average Bonchev–Trinajstić information content (AvgIpc) is 2.57. The topological polar surface area (TPSA) is 25.5 Å². The van der Waals surface area contributed by atoms with E-state index in [0.717, 1.165) is 27.2 Å². The van der Waals surface area contributed by atoms with Crippen LogP contribution in [0.3, 0.4) is 0 Å². The molecule has 2 nitrogen and oxygen atoms in total. The highest BCUT2D eigenvalue weighted by Gasteiger charge is 2.00.